The van der Waals surface area contributed by atoms with Crippen molar-refractivity contribution >= 4 is 11.6 Å². The molecule has 0 spiro atoms. The topological polar surface area (TPSA) is 73.1 Å². The smallest absolute Gasteiger partial charge is 0.203 e. The van der Waals surface area contributed by atoms with Gasteiger partial charge < -0.3 is 15.8 Å². The van der Waals surface area contributed by atoms with E-state index >= 15 is 0 Å². The lowest BCUT2D eigenvalue weighted by Gasteiger charge is -2.17. The van der Waals surface area contributed by atoms with Crippen LogP contribution in [0.5, 0.6) is 5.75 Å². The van der Waals surface area contributed by atoms with Crippen LogP contribution in [0.25, 0.3) is 0 Å². The van der Waals surface area contributed by atoms with Gasteiger partial charge in [0.1, 0.15) is 12.1 Å². The molecule has 0 saturated carbocycles. The minimum absolute atomic E-state index is 0.0659. The van der Waals surface area contributed by atoms with Gasteiger partial charge in [-0.2, -0.15) is 0 Å². The highest BCUT2D eigenvalue weighted by Gasteiger charge is 2.13. The molecule has 100 valence electrons. The lowest BCUT2D eigenvalue weighted by molar-refractivity contribution is 0.415. The average molecular weight is 262 g/mol. The molecule has 1 heterocycles. The first-order valence-electron chi connectivity index (χ1n) is 5.78. The molecule has 0 bridgehead atoms. The number of aromatic nitrogens is 2. The monoisotopic (exact) mass is 262 g/mol. The van der Waals surface area contributed by atoms with Crippen molar-refractivity contribution in [2.45, 2.75) is 13.0 Å². The minimum atomic E-state index is -0.264. The van der Waals surface area contributed by atoms with Gasteiger partial charge in [0, 0.05) is 0 Å². The van der Waals surface area contributed by atoms with E-state index < -0.39 is 0 Å². The van der Waals surface area contributed by atoms with Crippen molar-refractivity contribution in [1.29, 1.82) is 0 Å². The summed E-state index contributed by atoms with van der Waals surface area (Å²) >= 11 is 0. The van der Waals surface area contributed by atoms with Gasteiger partial charge in [0.05, 0.1) is 13.2 Å². The van der Waals surface area contributed by atoms with E-state index in [-0.39, 0.29) is 17.7 Å². The number of hydrogen-bond acceptors (Lipinski definition) is 5. The second-order valence-electron chi connectivity index (χ2n) is 4.06. The van der Waals surface area contributed by atoms with E-state index in [1.165, 1.54) is 25.6 Å². The number of hydrogen-bond donors (Lipinski definition) is 2. The molecular weight excluding hydrogens is 247 g/mol. The van der Waals surface area contributed by atoms with E-state index in [1.807, 2.05) is 6.92 Å². The average Bonchev–Trinajstić information content (AvgIpc) is 2.39. The van der Waals surface area contributed by atoms with Crippen molar-refractivity contribution in [2.24, 2.45) is 0 Å². The molecule has 1 atom stereocenters. The number of nitrogens with two attached hydrogens (primary N) is 1. The van der Waals surface area contributed by atoms with Gasteiger partial charge in [0.2, 0.25) is 5.75 Å². The standard InChI is InChI=1S/C13H15FN4O/c1-8(9-3-5-10(14)6-4-9)18-13-11(19-2)12(15)16-7-17-13/h3-8H,1-2H3,(H3,15,16,17,18). The first kappa shape index (κ1) is 13.1. The molecule has 1 unspecified atom stereocenters. The first-order chi connectivity index (χ1) is 9.11. The third-order valence-corrected chi connectivity index (χ3v) is 2.76. The van der Waals surface area contributed by atoms with Crippen molar-refractivity contribution in [3.05, 3.63) is 42.0 Å². The molecule has 0 aliphatic carbocycles. The molecule has 5 nitrogen and oxygen atoms in total. The van der Waals surface area contributed by atoms with Crippen molar-refractivity contribution in [3.8, 4) is 5.75 Å². The van der Waals surface area contributed by atoms with Crippen LogP contribution in [0.2, 0.25) is 0 Å². The van der Waals surface area contributed by atoms with Crippen LogP contribution in [0.3, 0.4) is 0 Å². The number of anilines is 2. The van der Waals surface area contributed by atoms with Crippen LogP contribution < -0.4 is 15.8 Å². The number of nitrogen functional groups attached to an aromatic ring is 1. The number of ether oxygens (including phenoxy) is 1. The third-order valence-electron chi connectivity index (χ3n) is 2.76. The maximum absolute atomic E-state index is 12.9. The maximum Gasteiger partial charge on any atom is 0.203 e. The van der Waals surface area contributed by atoms with Crippen LogP contribution in [0.1, 0.15) is 18.5 Å². The molecule has 1 aromatic carbocycles. The molecule has 19 heavy (non-hydrogen) atoms. The Labute approximate surface area is 110 Å². The summed E-state index contributed by atoms with van der Waals surface area (Å²) in [5.74, 6) is 0.911. The maximum atomic E-state index is 12.9. The molecule has 2 rings (SSSR count). The molecule has 0 radical (unpaired) electrons. The Bertz CT molecular complexity index is 559. The van der Waals surface area contributed by atoms with Gasteiger partial charge in [-0.05, 0) is 24.6 Å². The van der Waals surface area contributed by atoms with E-state index in [2.05, 4.69) is 15.3 Å². The normalized spacial score (nSPS) is 11.9. The van der Waals surface area contributed by atoms with Gasteiger partial charge in [-0.25, -0.2) is 14.4 Å². The molecular formula is C13H15FN4O. The number of benzene rings is 1. The van der Waals surface area contributed by atoms with Crippen LogP contribution >= 0.6 is 0 Å². The molecule has 0 aliphatic heterocycles. The van der Waals surface area contributed by atoms with Crippen LogP contribution in [-0.2, 0) is 0 Å². The van der Waals surface area contributed by atoms with Crippen molar-refractivity contribution in [2.75, 3.05) is 18.2 Å². The van der Waals surface area contributed by atoms with Crippen molar-refractivity contribution < 1.29 is 9.13 Å². The summed E-state index contributed by atoms with van der Waals surface area (Å²) in [6.45, 7) is 1.94. The first-order valence-corrected chi connectivity index (χ1v) is 5.78. The fourth-order valence-electron chi connectivity index (χ4n) is 1.73. The Morgan fingerprint density at radius 3 is 2.58 bits per heavy atom. The highest BCUT2D eigenvalue weighted by Crippen LogP contribution is 2.29. The SMILES string of the molecule is COc1c(N)ncnc1NC(C)c1ccc(F)cc1. The van der Waals surface area contributed by atoms with Gasteiger partial charge in [0.25, 0.3) is 0 Å². The highest BCUT2D eigenvalue weighted by molar-refractivity contribution is 5.61. The molecule has 3 N–H and O–H groups in total. The predicted octanol–water partition coefficient (Wildman–Crippen LogP) is 2.38. The van der Waals surface area contributed by atoms with Crippen molar-refractivity contribution in [1.82, 2.24) is 9.97 Å². The number of rotatable bonds is 4. The third kappa shape index (κ3) is 2.90. The Balaban J connectivity index is 2.21. The van der Waals surface area contributed by atoms with Crippen LogP contribution in [0.15, 0.2) is 30.6 Å². The van der Waals surface area contributed by atoms with Gasteiger partial charge in [-0.15, -0.1) is 0 Å². The summed E-state index contributed by atoms with van der Waals surface area (Å²) in [6, 6.07) is 6.19. The van der Waals surface area contributed by atoms with Gasteiger partial charge in [-0.3, -0.25) is 0 Å². The fraction of sp³-hybridized carbons (Fsp3) is 0.231. The Kier molecular flexibility index (Phi) is 3.79. The summed E-state index contributed by atoms with van der Waals surface area (Å²) in [4.78, 5) is 7.95. The van der Waals surface area contributed by atoms with E-state index in [0.29, 0.717) is 11.6 Å². The second-order valence-corrected chi connectivity index (χ2v) is 4.06. The Morgan fingerprint density at radius 1 is 1.26 bits per heavy atom. The van der Waals surface area contributed by atoms with E-state index in [0.717, 1.165) is 5.56 Å². The van der Waals surface area contributed by atoms with Gasteiger partial charge in [-0.1, -0.05) is 12.1 Å². The Hall–Kier alpha value is -2.37. The minimum Gasteiger partial charge on any atom is -0.490 e. The second kappa shape index (κ2) is 5.51. The molecule has 2 aromatic rings. The number of halogens is 1. The zero-order valence-electron chi connectivity index (χ0n) is 10.7. The molecule has 0 amide bonds. The lowest BCUT2D eigenvalue weighted by Crippen LogP contribution is -2.10. The van der Waals surface area contributed by atoms with Crippen molar-refractivity contribution in [3.63, 3.8) is 0 Å². The van der Waals surface area contributed by atoms with E-state index in [4.69, 9.17) is 10.5 Å². The van der Waals surface area contributed by atoms with Crippen LogP contribution in [0, 0.1) is 5.82 Å². The summed E-state index contributed by atoms with van der Waals surface area (Å²) < 4.78 is 18.0. The molecule has 0 aliphatic rings. The summed E-state index contributed by atoms with van der Waals surface area (Å²) in [6.07, 6.45) is 1.36. The van der Waals surface area contributed by atoms with E-state index in [1.54, 1.807) is 12.1 Å². The number of nitrogens with zero attached hydrogens (tertiary/aromatic N) is 2. The predicted molar refractivity (Wildman–Crippen MR) is 71.4 cm³/mol. The molecule has 0 saturated heterocycles. The highest BCUT2D eigenvalue weighted by atomic mass is 19.1. The molecule has 6 heteroatoms. The van der Waals surface area contributed by atoms with E-state index in [9.17, 15) is 4.39 Å². The van der Waals surface area contributed by atoms with Crippen LogP contribution in [-0.4, -0.2) is 17.1 Å². The fourth-order valence-corrected chi connectivity index (χ4v) is 1.73. The van der Waals surface area contributed by atoms with Crippen LogP contribution in [0.4, 0.5) is 16.0 Å². The lowest BCUT2D eigenvalue weighted by atomic mass is 10.1. The molecule has 1 aromatic heterocycles. The Morgan fingerprint density at radius 2 is 1.95 bits per heavy atom. The zero-order valence-corrected chi connectivity index (χ0v) is 10.7. The van der Waals surface area contributed by atoms with Gasteiger partial charge in [0.15, 0.2) is 11.6 Å². The quantitative estimate of drug-likeness (QED) is 0.885. The molecule has 0 fully saturated rings. The van der Waals surface area contributed by atoms with Gasteiger partial charge >= 0.3 is 0 Å². The number of methoxy groups -OCH3 is 1. The summed E-state index contributed by atoms with van der Waals surface area (Å²) in [5, 5.41) is 3.16. The zero-order chi connectivity index (χ0) is 13.8. The summed E-state index contributed by atoms with van der Waals surface area (Å²) in [5.41, 5.74) is 6.63. The number of nitrogens with one attached hydrogen (secondary N) is 1. The largest absolute Gasteiger partial charge is 0.490 e. The summed E-state index contributed by atoms with van der Waals surface area (Å²) in [7, 11) is 1.50.